The van der Waals surface area contributed by atoms with E-state index in [0.29, 0.717) is 5.41 Å². The summed E-state index contributed by atoms with van der Waals surface area (Å²) >= 11 is 0. The summed E-state index contributed by atoms with van der Waals surface area (Å²) in [4.78, 5) is 10.2. The van der Waals surface area contributed by atoms with Gasteiger partial charge in [0.15, 0.2) is 0 Å². The summed E-state index contributed by atoms with van der Waals surface area (Å²) < 4.78 is 0. The Kier molecular flexibility index (Phi) is 3.95. The van der Waals surface area contributed by atoms with E-state index in [1.165, 1.54) is 32.1 Å². The first-order valence-corrected chi connectivity index (χ1v) is 5.58. The zero-order valence-corrected chi connectivity index (χ0v) is 9.01. The summed E-state index contributed by atoms with van der Waals surface area (Å²) in [6, 6.07) is 0. The minimum Gasteiger partial charge on any atom is -0.303 e. The van der Waals surface area contributed by atoms with Crippen LogP contribution in [0.4, 0.5) is 0 Å². The van der Waals surface area contributed by atoms with Gasteiger partial charge in [-0.05, 0) is 30.6 Å². The van der Waals surface area contributed by atoms with E-state index in [2.05, 4.69) is 13.8 Å². The predicted molar refractivity (Wildman–Crippen MR) is 55.7 cm³/mol. The Morgan fingerprint density at radius 1 is 1.46 bits per heavy atom. The van der Waals surface area contributed by atoms with E-state index in [1.807, 2.05) is 0 Å². The van der Waals surface area contributed by atoms with Gasteiger partial charge < -0.3 is 4.79 Å². The molecule has 1 aliphatic rings. The highest BCUT2D eigenvalue weighted by Crippen LogP contribution is 2.40. The molecule has 0 spiro atoms. The zero-order chi connectivity index (χ0) is 9.73. The highest BCUT2D eigenvalue weighted by atomic mass is 16.1. The summed E-state index contributed by atoms with van der Waals surface area (Å²) in [7, 11) is 0. The first-order chi connectivity index (χ1) is 6.14. The van der Waals surface area contributed by atoms with Crippen LogP contribution in [0.3, 0.4) is 0 Å². The molecule has 1 aliphatic carbocycles. The second-order valence-corrected chi connectivity index (χ2v) is 5.22. The quantitative estimate of drug-likeness (QED) is 0.480. The van der Waals surface area contributed by atoms with Crippen LogP contribution >= 0.6 is 0 Å². The van der Waals surface area contributed by atoms with Crippen LogP contribution < -0.4 is 0 Å². The van der Waals surface area contributed by atoms with Gasteiger partial charge >= 0.3 is 0 Å². The van der Waals surface area contributed by atoms with E-state index in [9.17, 15) is 4.79 Å². The number of carbonyl (C=O) groups excluding carboxylic acids is 1. The Labute approximate surface area is 81.9 Å². The minimum absolute atomic E-state index is 0.560. The average molecular weight is 182 g/mol. The maximum Gasteiger partial charge on any atom is 0.119 e. The molecule has 1 heteroatoms. The molecule has 0 aromatic carbocycles. The maximum absolute atomic E-state index is 10.2. The van der Waals surface area contributed by atoms with Crippen molar-refractivity contribution in [3.8, 4) is 0 Å². The van der Waals surface area contributed by atoms with Gasteiger partial charge in [0, 0.05) is 6.42 Å². The van der Waals surface area contributed by atoms with Crippen molar-refractivity contribution in [3.05, 3.63) is 0 Å². The van der Waals surface area contributed by atoms with Crippen molar-refractivity contribution in [2.75, 3.05) is 0 Å². The van der Waals surface area contributed by atoms with E-state index in [0.717, 1.165) is 25.0 Å². The normalized spacial score (nSPS) is 27.1. The Balaban J connectivity index is 2.22. The zero-order valence-electron chi connectivity index (χ0n) is 9.01. The van der Waals surface area contributed by atoms with Gasteiger partial charge in [-0.3, -0.25) is 0 Å². The maximum atomic E-state index is 10.2. The van der Waals surface area contributed by atoms with Crippen LogP contribution in [0.15, 0.2) is 0 Å². The van der Waals surface area contributed by atoms with E-state index < -0.39 is 0 Å². The van der Waals surface area contributed by atoms with Crippen molar-refractivity contribution in [2.24, 2.45) is 11.3 Å². The molecule has 0 radical (unpaired) electrons. The van der Waals surface area contributed by atoms with Crippen LogP contribution in [0, 0.1) is 11.3 Å². The van der Waals surface area contributed by atoms with Gasteiger partial charge in [0.05, 0.1) is 0 Å². The van der Waals surface area contributed by atoms with Crippen molar-refractivity contribution in [2.45, 2.75) is 58.8 Å². The summed E-state index contributed by atoms with van der Waals surface area (Å²) in [6.07, 6.45) is 9.71. The molecular weight excluding hydrogens is 160 g/mol. The first kappa shape index (κ1) is 10.7. The number of hydrogen-bond acceptors (Lipinski definition) is 1. The molecule has 76 valence electrons. The predicted octanol–water partition coefficient (Wildman–Crippen LogP) is 3.57. The molecule has 1 fully saturated rings. The van der Waals surface area contributed by atoms with Gasteiger partial charge in [-0.25, -0.2) is 0 Å². The molecular formula is C12H22O. The van der Waals surface area contributed by atoms with Crippen LogP contribution in [0.5, 0.6) is 0 Å². The summed E-state index contributed by atoms with van der Waals surface area (Å²) in [5.41, 5.74) is 0.560. The molecule has 0 aliphatic heterocycles. The van der Waals surface area contributed by atoms with Crippen LogP contribution in [0.2, 0.25) is 0 Å². The fourth-order valence-corrected chi connectivity index (χ4v) is 2.59. The Morgan fingerprint density at radius 3 is 2.85 bits per heavy atom. The van der Waals surface area contributed by atoms with Crippen LogP contribution in [-0.4, -0.2) is 6.29 Å². The highest BCUT2D eigenvalue weighted by Gasteiger charge is 2.27. The number of carbonyl (C=O) groups is 1. The molecule has 0 saturated heterocycles. The third-order valence-electron chi connectivity index (χ3n) is 3.24. The van der Waals surface area contributed by atoms with E-state index in [1.54, 1.807) is 0 Å². The third kappa shape index (κ3) is 3.93. The molecule has 0 aromatic heterocycles. The van der Waals surface area contributed by atoms with Crippen LogP contribution in [0.25, 0.3) is 0 Å². The molecule has 1 atom stereocenters. The van der Waals surface area contributed by atoms with Crippen LogP contribution in [0.1, 0.15) is 58.8 Å². The molecule has 0 aromatic rings. The lowest BCUT2D eigenvalue weighted by Crippen LogP contribution is -2.22. The standard InChI is InChI=1S/C12H22O/c1-12(2)8-5-7-11(10-12)6-3-4-9-13/h9,11H,3-8,10H2,1-2H3. The van der Waals surface area contributed by atoms with Gasteiger partial charge in [-0.1, -0.05) is 33.1 Å². The lowest BCUT2D eigenvalue weighted by molar-refractivity contribution is -0.108. The highest BCUT2D eigenvalue weighted by molar-refractivity contribution is 5.48. The van der Waals surface area contributed by atoms with Crippen molar-refractivity contribution in [1.29, 1.82) is 0 Å². The van der Waals surface area contributed by atoms with Gasteiger partial charge in [0.2, 0.25) is 0 Å². The summed E-state index contributed by atoms with van der Waals surface area (Å²) in [5.74, 6) is 0.892. The monoisotopic (exact) mass is 182 g/mol. The van der Waals surface area contributed by atoms with Crippen molar-refractivity contribution < 1.29 is 4.79 Å². The number of aldehydes is 1. The number of unbranched alkanes of at least 4 members (excludes halogenated alkanes) is 1. The average Bonchev–Trinajstić information content (AvgIpc) is 2.03. The van der Waals surface area contributed by atoms with Crippen molar-refractivity contribution >= 4 is 6.29 Å². The lowest BCUT2D eigenvalue weighted by atomic mass is 9.71. The Hall–Kier alpha value is -0.330. The molecule has 0 bridgehead atoms. The van der Waals surface area contributed by atoms with E-state index in [4.69, 9.17) is 0 Å². The van der Waals surface area contributed by atoms with Gasteiger partial charge in [-0.2, -0.15) is 0 Å². The third-order valence-corrected chi connectivity index (χ3v) is 3.24. The number of hydrogen-bond donors (Lipinski definition) is 0. The minimum atomic E-state index is 0.560. The first-order valence-electron chi connectivity index (χ1n) is 5.58. The Bertz CT molecular complexity index is 161. The van der Waals surface area contributed by atoms with Crippen molar-refractivity contribution in [3.63, 3.8) is 0 Å². The van der Waals surface area contributed by atoms with Gasteiger partial charge in [0.25, 0.3) is 0 Å². The fraction of sp³-hybridized carbons (Fsp3) is 0.917. The second-order valence-electron chi connectivity index (χ2n) is 5.22. The van der Waals surface area contributed by atoms with Gasteiger partial charge in [0.1, 0.15) is 6.29 Å². The number of rotatable bonds is 4. The molecule has 1 nitrogen and oxygen atoms in total. The summed E-state index contributed by atoms with van der Waals surface area (Å²) in [6.45, 7) is 4.75. The van der Waals surface area contributed by atoms with Crippen LogP contribution in [-0.2, 0) is 4.79 Å². The SMILES string of the molecule is CC1(C)CCCC(CCCC=O)C1. The molecule has 0 heterocycles. The van der Waals surface area contributed by atoms with Gasteiger partial charge in [-0.15, -0.1) is 0 Å². The molecule has 1 unspecified atom stereocenters. The molecule has 1 saturated carbocycles. The van der Waals surface area contributed by atoms with E-state index >= 15 is 0 Å². The fourth-order valence-electron chi connectivity index (χ4n) is 2.59. The molecule has 0 amide bonds. The van der Waals surface area contributed by atoms with E-state index in [-0.39, 0.29) is 0 Å². The smallest absolute Gasteiger partial charge is 0.119 e. The Morgan fingerprint density at radius 2 is 2.23 bits per heavy atom. The molecule has 0 N–H and O–H groups in total. The second kappa shape index (κ2) is 4.78. The lowest BCUT2D eigenvalue weighted by Gasteiger charge is -2.35. The molecule has 1 rings (SSSR count). The molecule has 13 heavy (non-hydrogen) atoms. The summed E-state index contributed by atoms with van der Waals surface area (Å²) in [5, 5.41) is 0. The van der Waals surface area contributed by atoms with Crippen molar-refractivity contribution in [1.82, 2.24) is 0 Å². The largest absolute Gasteiger partial charge is 0.303 e. The topological polar surface area (TPSA) is 17.1 Å².